The number of rotatable bonds is 4. The van der Waals surface area contributed by atoms with Gasteiger partial charge in [0.25, 0.3) is 0 Å². The number of methoxy groups -OCH3 is 1. The van der Waals surface area contributed by atoms with Crippen molar-refractivity contribution >= 4 is 5.69 Å². The van der Waals surface area contributed by atoms with Gasteiger partial charge in [0.1, 0.15) is 0 Å². The van der Waals surface area contributed by atoms with Gasteiger partial charge in [-0.25, -0.2) is 4.98 Å². The lowest BCUT2D eigenvalue weighted by Crippen LogP contribution is -2.12. The first-order valence-corrected chi connectivity index (χ1v) is 7.27. The maximum absolute atomic E-state index is 5.06. The molecule has 1 atom stereocenters. The first-order chi connectivity index (χ1) is 9.90. The lowest BCUT2D eigenvalue weighted by atomic mass is 9.86. The molecule has 112 valence electrons. The van der Waals surface area contributed by atoms with E-state index < -0.39 is 0 Å². The number of nitrogens with zero attached hydrogens (tertiary/aromatic N) is 1. The highest BCUT2D eigenvalue weighted by Crippen LogP contribution is 2.25. The molecule has 0 radical (unpaired) electrons. The molecule has 1 aromatic carbocycles. The van der Waals surface area contributed by atoms with Gasteiger partial charge in [0.15, 0.2) is 0 Å². The van der Waals surface area contributed by atoms with Gasteiger partial charge in [-0.05, 0) is 29.5 Å². The maximum atomic E-state index is 5.06. The van der Waals surface area contributed by atoms with E-state index in [0.717, 1.165) is 5.69 Å². The molecule has 0 unspecified atom stereocenters. The van der Waals surface area contributed by atoms with Crippen molar-refractivity contribution in [3.05, 3.63) is 53.7 Å². The molecule has 1 N–H and O–H groups in total. The third-order valence-corrected chi connectivity index (χ3v) is 3.61. The van der Waals surface area contributed by atoms with Crippen molar-refractivity contribution in [3.63, 3.8) is 0 Å². The van der Waals surface area contributed by atoms with Crippen LogP contribution >= 0.6 is 0 Å². The van der Waals surface area contributed by atoms with E-state index in [1.807, 2.05) is 12.1 Å². The van der Waals surface area contributed by atoms with E-state index in [0.29, 0.717) is 5.88 Å². The van der Waals surface area contributed by atoms with Crippen LogP contribution in [0.25, 0.3) is 0 Å². The Morgan fingerprint density at radius 3 is 2.19 bits per heavy atom. The molecule has 2 rings (SSSR count). The number of benzene rings is 1. The van der Waals surface area contributed by atoms with Crippen LogP contribution in [0.1, 0.15) is 44.9 Å². The molecule has 0 amide bonds. The quantitative estimate of drug-likeness (QED) is 0.893. The Balaban J connectivity index is 2.07. The van der Waals surface area contributed by atoms with Crippen molar-refractivity contribution in [2.45, 2.75) is 39.2 Å². The summed E-state index contributed by atoms with van der Waals surface area (Å²) < 4.78 is 5.06. The summed E-state index contributed by atoms with van der Waals surface area (Å²) in [6.07, 6.45) is 1.79. The minimum atomic E-state index is 0.190. The Bertz CT molecular complexity index is 568. The zero-order valence-corrected chi connectivity index (χ0v) is 13.5. The number of anilines is 1. The lowest BCUT2D eigenvalue weighted by molar-refractivity contribution is 0.398. The molecule has 0 aliphatic rings. The molecule has 0 aliphatic carbocycles. The number of pyridine rings is 1. The molecule has 1 aromatic heterocycles. The summed E-state index contributed by atoms with van der Waals surface area (Å²) in [5, 5.41) is 3.45. The van der Waals surface area contributed by atoms with E-state index in [1.165, 1.54) is 11.1 Å². The van der Waals surface area contributed by atoms with Crippen LogP contribution < -0.4 is 10.1 Å². The molecule has 2 aromatic rings. The van der Waals surface area contributed by atoms with Crippen LogP contribution in [0.5, 0.6) is 5.88 Å². The summed E-state index contributed by atoms with van der Waals surface area (Å²) in [7, 11) is 1.62. The molecular formula is C18H24N2O. The first-order valence-electron chi connectivity index (χ1n) is 7.27. The molecule has 0 bridgehead atoms. The molecular weight excluding hydrogens is 260 g/mol. The third kappa shape index (κ3) is 3.97. The highest BCUT2D eigenvalue weighted by Gasteiger charge is 2.14. The standard InChI is InChI=1S/C18H24N2O/c1-13(20-16-10-11-17(21-5)19-12-16)14-6-8-15(9-7-14)18(2,3)4/h6-13,20H,1-5H3/t13-/m0/s1. The van der Waals surface area contributed by atoms with Crippen molar-refractivity contribution in [1.82, 2.24) is 4.98 Å². The van der Waals surface area contributed by atoms with Crippen LogP contribution in [0, 0.1) is 0 Å². The van der Waals surface area contributed by atoms with Gasteiger partial charge in [-0.1, -0.05) is 45.0 Å². The first kappa shape index (κ1) is 15.4. The van der Waals surface area contributed by atoms with Gasteiger partial charge < -0.3 is 10.1 Å². The largest absolute Gasteiger partial charge is 0.481 e. The zero-order chi connectivity index (χ0) is 15.5. The lowest BCUT2D eigenvalue weighted by Gasteiger charge is -2.21. The van der Waals surface area contributed by atoms with Gasteiger partial charge in [0.05, 0.1) is 19.0 Å². The van der Waals surface area contributed by atoms with E-state index in [9.17, 15) is 0 Å². The molecule has 0 spiro atoms. The SMILES string of the molecule is COc1ccc(N[C@@H](C)c2ccc(C(C)(C)C)cc2)cn1. The maximum Gasteiger partial charge on any atom is 0.213 e. The predicted molar refractivity (Wildman–Crippen MR) is 88.0 cm³/mol. The summed E-state index contributed by atoms with van der Waals surface area (Å²) in [6, 6.07) is 12.9. The summed E-state index contributed by atoms with van der Waals surface area (Å²) in [5.74, 6) is 0.628. The van der Waals surface area contributed by atoms with E-state index >= 15 is 0 Å². The summed E-state index contributed by atoms with van der Waals surface area (Å²) in [6.45, 7) is 8.84. The van der Waals surface area contributed by atoms with Gasteiger partial charge in [-0.2, -0.15) is 0 Å². The van der Waals surface area contributed by atoms with Crippen molar-refractivity contribution in [3.8, 4) is 5.88 Å². The van der Waals surface area contributed by atoms with Crippen LogP contribution in [0.15, 0.2) is 42.6 Å². The average Bonchev–Trinajstić information content (AvgIpc) is 2.47. The van der Waals surface area contributed by atoms with Crippen LogP contribution in [-0.2, 0) is 5.41 Å². The number of nitrogens with one attached hydrogen (secondary N) is 1. The van der Waals surface area contributed by atoms with Gasteiger partial charge >= 0.3 is 0 Å². The second kappa shape index (κ2) is 6.17. The van der Waals surface area contributed by atoms with E-state index in [2.05, 4.69) is 62.3 Å². The molecule has 0 aliphatic heterocycles. The molecule has 0 fully saturated rings. The zero-order valence-electron chi connectivity index (χ0n) is 13.5. The van der Waals surface area contributed by atoms with E-state index in [1.54, 1.807) is 13.3 Å². The summed E-state index contributed by atoms with van der Waals surface area (Å²) in [4.78, 5) is 4.21. The molecule has 3 heteroatoms. The van der Waals surface area contributed by atoms with Crippen LogP contribution in [-0.4, -0.2) is 12.1 Å². The van der Waals surface area contributed by atoms with Crippen LogP contribution in [0.3, 0.4) is 0 Å². The van der Waals surface area contributed by atoms with Crippen molar-refractivity contribution in [1.29, 1.82) is 0 Å². The average molecular weight is 284 g/mol. The molecule has 21 heavy (non-hydrogen) atoms. The molecule has 3 nitrogen and oxygen atoms in total. The number of hydrogen-bond acceptors (Lipinski definition) is 3. The van der Waals surface area contributed by atoms with Gasteiger partial charge in [-0.3, -0.25) is 0 Å². The Morgan fingerprint density at radius 2 is 1.71 bits per heavy atom. The fraction of sp³-hybridized carbons (Fsp3) is 0.389. The molecule has 0 saturated heterocycles. The van der Waals surface area contributed by atoms with E-state index in [4.69, 9.17) is 4.74 Å². The van der Waals surface area contributed by atoms with Gasteiger partial charge in [-0.15, -0.1) is 0 Å². The summed E-state index contributed by atoms with van der Waals surface area (Å²) >= 11 is 0. The monoisotopic (exact) mass is 284 g/mol. The van der Waals surface area contributed by atoms with Crippen LogP contribution in [0.2, 0.25) is 0 Å². The topological polar surface area (TPSA) is 34.1 Å². The van der Waals surface area contributed by atoms with Gasteiger partial charge in [0.2, 0.25) is 5.88 Å². The minimum Gasteiger partial charge on any atom is -0.481 e. The van der Waals surface area contributed by atoms with Crippen molar-refractivity contribution in [2.75, 3.05) is 12.4 Å². The van der Waals surface area contributed by atoms with Crippen molar-refractivity contribution < 1.29 is 4.74 Å². The number of aromatic nitrogens is 1. The number of hydrogen-bond donors (Lipinski definition) is 1. The smallest absolute Gasteiger partial charge is 0.213 e. The van der Waals surface area contributed by atoms with Crippen molar-refractivity contribution in [2.24, 2.45) is 0 Å². The summed E-state index contributed by atoms with van der Waals surface area (Å²) in [5.41, 5.74) is 3.79. The Morgan fingerprint density at radius 1 is 1.05 bits per heavy atom. The minimum absolute atomic E-state index is 0.190. The van der Waals surface area contributed by atoms with Crippen LogP contribution in [0.4, 0.5) is 5.69 Å². The fourth-order valence-electron chi connectivity index (χ4n) is 2.19. The normalized spacial score (nSPS) is 12.8. The highest BCUT2D eigenvalue weighted by atomic mass is 16.5. The molecule has 0 saturated carbocycles. The van der Waals surface area contributed by atoms with Gasteiger partial charge in [0, 0.05) is 12.1 Å². The Kier molecular flexibility index (Phi) is 4.51. The second-order valence-corrected chi connectivity index (χ2v) is 6.33. The van der Waals surface area contributed by atoms with E-state index in [-0.39, 0.29) is 11.5 Å². The Labute approximate surface area is 127 Å². The Hall–Kier alpha value is -2.03. The second-order valence-electron chi connectivity index (χ2n) is 6.33. The molecule has 1 heterocycles. The third-order valence-electron chi connectivity index (χ3n) is 3.61. The fourth-order valence-corrected chi connectivity index (χ4v) is 2.19. The highest BCUT2D eigenvalue weighted by molar-refractivity contribution is 5.44. The predicted octanol–water partition coefficient (Wildman–Crippen LogP) is 4.56. The number of ether oxygens (including phenoxy) is 1.